The third-order valence-electron chi connectivity index (χ3n) is 7.38. The Morgan fingerprint density at radius 2 is 1.83 bits per heavy atom. The summed E-state index contributed by atoms with van der Waals surface area (Å²) in [5, 5.41) is 6.10. The van der Waals surface area contributed by atoms with E-state index < -0.39 is 0 Å². The van der Waals surface area contributed by atoms with Gasteiger partial charge in [-0.1, -0.05) is 37.1 Å². The highest BCUT2D eigenvalue weighted by Gasteiger charge is 2.37. The number of hydrogen-bond acceptors (Lipinski definition) is 5. The lowest BCUT2D eigenvalue weighted by molar-refractivity contribution is 0.234. The maximum Gasteiger partial charge on any atom is 0.302 e. The topological polar surface area (TPSA) is 57.5 Å². The van der Waals surface area contributed by atoms with E-state index in [9.17, 15) is 4.79 Å². The SMILES string of the molecule is COc1ccc(/C(=N/C2CCCCC2)N2CCCc3cc(C4=NN(C)C(=O)SC4(C)C)ccc32)cc1. The minimum Gasteiger partial charge on any atom is -0.497 e. The summed E-state index contributed by atoms with van der Waals surface area (Å²) in [6.07, 6.45) is 8.26. The molecule has 0 N–H and O–H groups in total. The predicted molar refractivity (Wildman–Crippen MR) is 150 cm³/mol. The summed E-state index contributed by atoms with van der Waals surface area (Å²) in [5.74, 6) is 1.92. The number of benzene rings is 2. The van der Waals surface area contributed by atoms with E-state index >= 15 is 0 Å². The van der Waals surface area contributed by atoms with Crippen molar-refractivity contribution < 1.29 is 9.53 Å². The van der Waals surface area contributed by atoms with E-state index in [0.717, 1.165) is 60.7 Å². The molecular weight excluding hydrogens is 468 g/mol. The number of aliphatic imine (C=N–C) groups is 1. The maximum atomic E-state index is 12.2. The van der Waals surface area contributed by atoms with E-state index in [1.54, 1.807) is 14.2 Å². The summed E-state index contributed by atoms with van der Waals surface area (Å²) >= 11 is 1.33. The molecule has 1 fully saturated rings. The molecule has 190 valence electrons. The summed E-state index contributed by atoms with van der Waals surface area (Å²) in [6.45, 7) is 5.10. The molecule has 2 heterocycles. The third kappa shape index (κ3) is 5.03. The number of nitrogens with zero attached hydrogens (tertiary/aromatic N) is 4. The molecule has 0 aromatic heterocycles. The maximum absolute atomic E-state index is 12.2. The van der Waals surface area contributed by atoms with Crippen molar-refractivity contribution in [1.82, 2.24) is 5.01 Å². The van der Waals surface area contributed by atoms with Gasteiger partial charge in [-0.15, -0.1) is 0 Å². The first-order valence-electron chi connectivity index (χ1n) is 13.0. The van der Waals surface area contributed by atoms with Gasteiger partial charge in [0.25, 0.3) is 0 Å². The van der Waals surface area contributed by atoms with Crippen LogP contribution in [0.3, 0.4) is 0 Å². The summed E-state index contributed by atoms with van der Waals surface area (Å²) < 4.78 is 5.04. The van der Waals surface area contributed by atoms with Gasteiger partial charge in [0.1, 0.15) is 11.6 Å². The van der Waals surface area contributed by atoms with Crippen LogP contribution in [0.25, 0.3) is 0 Å². The number of amides is 1. The van der Waals surface area contributed by atoms with Crippen molar-refractivity contribution in [3.8, 4) is 5.75 Å². The van der Waals surface area contributed by atoms with Crippen molar-refractivity contribution in [3.63, 3.8) is 0 Å². The number of amidine groups is 1. The minimum atomic E-state index is -0.372. The Labute approximate surface area is 218 Å². The highest BCUT2D eigenvalue weighted by molar-refractivity contribution is 8.15. The quantitative estimate of drug-likeness (QED) is 0.352. The zero-order valence-corrected chi connectivity index (χ0v) is 22.6. The van der Waals surface area contributed by atoms with Crippen molar-refractivity contribution in [3.05, 3.63) is 59.2 Å². The number of ether oxygens (including phenoxy) is 1. The van der Waals surface area contributed by atoms with Crippen LogP contribution in [0.1, 0.15) is 69.1 Å². The van der Waals surface area contributed by atoms with Crippen LogP contribution in [0, 0.1) is 0 Å². The van der Waals surface area contributed by atoms with E-state index in [2.05, 4.69) is 54.2 Å². The van der Waals surface area contributed by atoms with Crippen molar-refractivity contribution in [2.75, 3.05) is 25.6 Å². The number of hydrazone groups is 1. The summed E-state index contributed by atoms with van der Waals surface area (Å²) in [4.78, 5) is 20.0. The second-order valence-corrected chi connectivity index (χ2v) is 12.0. The molecular formula is C29H36N4O2S. The Hall–Kier alpha value is -2.80. The Morgan fingerprint density at radius 3 is 2.56 bits per heavy atom. The van der Waals surface area contributed by atoms with Gasteiger partial charge in [-0.25, -0.2) is 5.01 Å². The fraction of sp³-hybridized carbons (Fsp3) is 0.483. The normalized spacial score (nSPS) is 20.7. The third-order valence-corrected chi connectivity index (χ3v) is 8.52. The fourth-order valence-corrected chi connectivity index (χ4v) is 6.30. The highest BCUT2D eigenvalue weighted by atomic mass is 32.2. The fourth-order valence-electron chi connectivity index (χ4n) is 5.44. The first-order valence-corrected chi connectivity index (χ1v) is 13.9. The Bertz CT molecular complexity index is 1180. The first-order chi connectivity index (χ1) is 17.4. The van der Waals surface area contributed by atoms with Gasteiger partial charge >= 0.3 is 5.24 Å². The standard InChI is InChI=1S/C29H36N4O2S/c1-29(2)26(31-32(3)28(34)36-29)22-14-17-25-21(19-22)9-8-18-33(25)27(30-23-10-6-5-7-11-23)20-12-15-24(35-4)16-13-20/h12-17,19,23H,5-11,18H2,1-4H3/b30-27-. The van der Waals surface area contributed by atoms with Gasteiger partial charge < -0.3 is 9.64 Å². The Morgan fingerprint density at radius 1 is 1.08 bits per heavy atom. The van der Waals surface area contributed by atoms with Crippen LogP contribution >= 0.6 is 11.8 Å². The molecule has 0 atom stereocenters. The van der Waals surface area contributed by atoms with Crippen molar-refractivity contribution in [1.29, 1.82) is 0 Å². The molecule has 1 aliphatic carbocycles. The minimum absolute atomic E-state index is 0.0176. The zero-order chi connectivity index (χ0) is 25.3. The monoisotopic (exact) mass is 504 g/mol. The number of fused-ring (bicyclic) bond motifs is 1. The molecule has 5 rings (SSSR count). The largest absolute Gasteiger partial charge is 0.497 e. The van der Waals surface area contributed by atoms with E-state index in [1.165, 1.54) is 47.3 Å². The van der Waals surface area contributed by atoms with E-state index in [1.807, 2.05) is 12.1 Å². The number of anilines is 1. The van der Waals surface area contributed by atoms with Crippen LogP contribution in [-0.4, -0.2) is 53.3 Å². The van der Waals surface area contributed by atoms with Gasteiger partial charge in [0.05, 0.1) is 23.6 Å². The summed E-state index contributed by atoms with van der Waals surface area (Å²) in [5.41, 5.74) is 5.70. The van der Waals surface area contributed by atoms with Crippen molar-refractivity contribution in [2.24, 2.45) is 10.1 Å². The lowest BCUT2D eigenvalue weighted by Crippen LogP contribution is -2.40. The lowest BCUT2D eigenvalue weighted by Gasteiger charge is -2.35. The molecule has 2 aromatic rings. The molecule has 0 radical (unpaired) electrons. The van der Waals surface area contributed by atoms with E-state index in [0.29, 0.717) is 6.04 Å². The van der Waals surface area contributed by atoms with Gasteiger partial charge in [-0.3, -0.25) is 9.79 Å². The second kappa shape index (κ2) is 10.3. The molecule has 0 spiro atoms. The van der Waals surface area contributed by atoms with Crippen LogP contribution < -0.4 is 9.64 Å². The molecule has 3 aliphatic rings. The molecule has 2 aromatic carbocycles. The average Bonchev–Trinajstić information content (AvgIpc) is 2.89. The molecule has 0 bridgehead atoms. The highest BCUT2D eigenvalue weighted by Crippen LogP contribution is 2.37. The van der Waals surface area contributed by atoms with Gasteiger partial charge in [0, 0.05) is 24.8 Å². The van der Waals surface area contributed by atoms with E-state index in [4.69, 9.17) is 9.73 Å². The summed E-state index contributed by atoms with van der Waals surface area (Å²) in [6, 6.07) is 15.4. The molecule has 0 unspecified atom stereocenters. The molecule has 7 heteroatoms. The molecule has 1 saturated carbocycles. The number of hydrogen-bond donors (Lipinski definition) is 0. The van der Waals surface area contributed by atoms with E-state index in [-0.39, 0.29) is 9.99 Å². The van der Waals surface area contributed by atoms with Crippen LogP contribution in [0.4, 0.5) is 10.5 Å². The van der Waals surface area contributed by atoms with Crippen LogP contribution in [0.5, 0.6) is 5.75 Å². The Kier molecular flexibility index (Phi) is 7.11. The average molecular weight is 505 g/mol. The van der Waals surface area contributed by atoms with Gasteiger partial charge in [0.2, 0.25) is 0 Å². The first kappa shape index (κ1) is 24.9. The second-order valence-electron chi connectivity index (χ2n) is 10.4. The molecule has 36 heavy (non-hydrogen) atoms. The number of carbonyl (C=O) groups is 1. The van der Waals surface area contributed by atoms with Crippen molar-refractivity contribution in [2.45, 2.75) is 69.6 Å². The van der Waals surface area contributed by atoms with Crippen LogP contribution in [-0.2, 0) is 6.42 Å². The van der Waals surface area contributed by atoms with Crippen LogP contribution in [0.2, 0.25) is 0 Å². The molecule has 0 saturated heterocycles. The van der Waals surface area contributed by atoms with Crippen LogP contribution in [0.15, 0.2) is 52.6 Å². The van der Waals surface area contributed by atoms with Gasteiger partial charge in [-0.2, -0.15) is 5.10 Å². The zero-order valence-electron chi connectivity index (χ0n) is 21.8. The molecule has 1 amide bonds. The summed E-state index contributed by atoms with van der Waals surface area (Å²) in [7, 11) is 3.43. The molecule has 2 aliphatic heterocycles. The number of carbonyl (C=O) groups excluding carboxylic acids is 1. The van der Waals surface area contributed by atoms with Gasteiger partial charge in [0.15, 0.2) is 0 Å². The molecule has 6 nitrogen and oxygen atoms in total. The lowest BCUT2D eigenvalue weighted by atomic mass is 9.92. The number of aryl methyl sites for hydroxylation is 1. The smallest absolute Gasteiger partial charge is 0.302 e. The Balaban J connectivity index is 1.53. The number of rotatable bonds is 4. The number of thioether (sulfide) groups is 1. The van der Waals surface area contributed by atoms with Crippen molar-refractivity contribution >= 4 is 34.2 Å². The predicted octanol–water partition coefficient (Wildman–Crippen LogP) is 6.51. The van der Waals surface area contributed by atoms with Gasteiger partial charge in [-0.05, 0) is 87.1 Å². The number of methoxy groups -OCH3 is 1.